The van der Waals surface area contributed by atoms with E-state index in [2.05, 4.69) is 11.8 Å². The Labute approximate surface area is 105 Å². The van der Waals surface area contributed by atoms with Crippen LogP contribution in [-0.4, -0.2) is 55.0 Å². The van der Waals surface area contributed by atoms with Gasteiger partial charge in [0.1, 0.15) is 0 Å². The van der Waals surface area contributed by atoms with Gasteiger partial charge < -0.3 is 15.6 Å². The summed E-state index contributed by atoms with van der Waals surface area (Å²) in [5.41, 5.74) is 5.94. The lowest BCUT2D eigenvalue weighted by atomic mass is 9.90. The molecule has 1 aliphatic carbocycles. The van der Waals surface area contributed by atoms with E-state index in [1.54, 1.807) is 0 Å². The van der Waals surface area contributed by atoms with Crippen LogP contribution in [0, 0.1) is 0 Å². The lowest BCUT2D eigenvalue weighted by molar-refractivity contribution is 0.0556. The smallest absolute Gasteiger partial charge is 0.0698 e. The number of nitrogens with two attached hydrogens (primary N) is 1. The molecule has 1 saturated carbocycles. The SMILES string of the molecule is CCCN(CCOCCO)C1CCC(N)CC1. The van der Waals surface area contributed by atoms with Crippen LogP contribution in [0.3, 0.4) is 0 Å². The van der Waals surface area contributed by atoms with Gasteiger partial charge in [-0.25, -0.2) is 0 Å². The quantitative estimate of drug-likeness (QED) is 0.625. The van der Waals surface area contributed by atoms with Gasteiger partial charge >= 0.3 is 0 Å². The molecule has 102 valence electrons. The van der Waals surface area contributed by atoms with Gasteiger partial charge in [-0.05, 0) is 38.6 Å². The summed E-state index contributed by atoms with van der Waals surface area (Å²) in [6.07, 6.45) is 5.94. The van der Waals surface area contributed by atoms with Gasteiger partial charge in [0.05, 0.1) is 19.8 Å². The summed E-state index contributed by atoms with van der Waals surface area (Å²) in [7, 11) is 0. The van der Waals surface area contributed by atoms with E-state index in [9.17, 15) is 0 Å². The molecule has 1 fully saturated rings. The first-order valence-electron chi connectivity index (χ1n) is 6.96. The summed E-state index contributed by atoms with van der Waals surface area (Å²) < 4.78 is 5.36. The summed E-state index contributed by atoms with van der Waals surface area (Å²) in [6.45, 7) is 5.64. The fourth-order valence-corrected chi connectivity index (χ4v) is 2.58. The van der Waals surface area contributed by atoms with Crippen LogP contribution in [0.25, 0.3) is 0 Å². The van der Waals surface area contributed by atoms with Crippen molar-refractivity contribution >= 4 is 0 Å². The summed E-state index contributed by atoms with van der Waals surface area (Å²) >= 11 is 0. The van der Waals surface area contributed by atoms with Crippen molar-refractivity contribution in [2.45, 2.75) is 51.1 Å². The van der Waals surface area contributed by atoms with Gasteiger partial charge in [-0.2, -0.15) is 0 Å². The minimum Gasteiger partial charge on any atom is -0.394 e. The minimum atomic E-state index is 0.117. The summed E-state index contributed by atoms with van der Waals surface area (Å²) in [5, 5.41) is 8.66. The Morgan fingerprint density at radius 2 is 1.88 bits per heavy atom. The third-order valence-electron chi connectivity index (χ3n) is 3.53. The van der Waals surface area contributed by atoms with Crippen molar-refractivity contribution in [1.82, 2.24) is 4.90 Å². The normalized spacial score (nSPS) is 25.4. The molecule has 0 bridgehead atoms. The van der Waals surface area contributed by atoms with Gasteiger partial charge in [-0.3, -0.25) is 4.90 Å². The number of aliphatic hydroxyl groups excluding tert-OH is 1. The van der Waals surface area contributed by atoms with Crippen LogP contribution in [0.1, 0.15) is 39.0 Å². The largest absolute Gasteiger partial charge is 0.394 e. The Morgan fingerprint density at radius 1 is 1.18 bits per heavy atom. The Kier molecular flexibility index (Phi) is 7.77. The Bertz CT molecular complexity index is 182. The van der Waals surface area contributed by atoms with Crippen molar-refractivity contribution < 1.29 is 9.84 Å². The average Bonchev–Trinajstić information content (AvgIpc) is 2.34. The van der Waals surface area contributed by atoms with Crippen LogP contribution in [-0.2, 0) is 4.74 Å². The van der Waals surface area contributed by atoms with Crippen molar-refractivity contribution in [1.29, 1.82) is 0 Å². The molecule has 4 nitrogen and oxygen atoms in total. The predicted molar refractivity (Wildman–Crippen MR) is 70.0 cm³/mol. The highest BCUT2D eigenvalue weighted by Crippen LogP contribution is 2.22. The zero-order chi connectivity index (χ0) is 12.5. The molecular formula is C13H28N2O2. The fourth-order valence-electron chi connectivity index (χ4n) is 2.58. The van der Waals surface area contributed by atoms with Crippen molar-refractivity contribution in [3.05, 3.63) is 0 Å². The number of aliphatic hydroxyl groups is 1. The van der Waals surface area contributed by atoms with Crippen LogP contribution in [0.4, 0.5) is 0 Å². The number of hydrogen-bond donors (Lipinski definition) is 2. The van der Waals surface area contributed by atoms with Crippen LogP contribution in [0.2, 0.25) is 0 Å². The molecule has 4 heteroatoms. The van der Waals surface area contributed by atoms with E-state index in [1.807, 2.05) is 0 Å². The third-order valence-corrected chi connectivity index (χ3v) is 3.53. The maximum atomic E-state index is 8.66. The van der Waals surface area contributed by atoms with Gasteiger partial charge in [0.2, 0.25) is 0 Å². The first-order chi connectivity index (χ1) is 8.27. The van der Waals surface area contributed by atoms with E-state index in [0.29, 0.717) is 18.7 Å². The maximum Gasteiger partial charge on any atom is 0.0698 e. The zero-order valence-electron chi connectivity index (χ0n) is 11.1. The fraction of sp³-hybridized carbons (Fsp3) is 1.00. The van der Waals surface area contributed by atoms with E-state index in [1.165, 1.54) is 19.3 Å². The van der Waals surface area contributed by atoms with E-state index in [4.69, 9.17) is 15.6 Å². The van der Waals surface area contributed by atoms with Crippen molar-refractivity contribution in [2.24, 2.45) is 5.73 Å². The summed E-state index contributed by atoms with van der Waals surface area (Å²) in [5.74, 6) is 0. The molecule has 0 aromatic rings. The predicted octanol–water partition coefficient (Wildman–Crippen LogP) is 0.977. The molecule has 0 spiro atoms. The minimum absolute atomic E-state index is 0.117. The molecule has 0 radical (unpaired) electrons. The monoisotopic (exact) mass is 244 g/mol. The molecule has 3 N–H and O–H groups in total. The van der Waals surface area contributed by atoms with Gasteiger partial charge in [0.25, 0.3) is 0 Å². The van der Waals surface area contributed by atoms with Crippen molar-refractivity contribution in [3.63, 3.8) is 0 Å². The highest BCUT2D eigenvalue weighted by molar-refractivity contribution is 4.81. The molecule has 0 atom stereocenters. The lowest BCUT2D eigenvalue weighted by Crippen LogP contribution is -2.42. The second-order valence-electron chi connectivity index (χ2n) is 4.94. The molecular weight excluding hydrogens is 216 g/mol. The van der Waals surface area contributed by atoms with Gasteiger partial charge in [0, 0.05) is 18.6 Å². The Morgan fingerprint density at radius 3 is 2.47 bits per heavy atom. The van der Waals surface area contributed by atoms with Gasteiger partial charge in [-0.15, -0.1) is 0 Å². The highest BCUT2D eigenvalue weighted by atomic mass is 16.5. The van der Waals surface area contributed by atoms with Crippen molar-refractivity contribution in [2.75, 3.05) is 32.9 Å². The van der Waals surface area contributed by atoms with E-state index in [0.717, 1.165) is 32.5 Å². The number of hydrogen-bond acceptors (Lipinski definition) is 4. The second kappa shape index (κ2) is 8.86. The van der Waals surface area contributed by atoms with Crippen LogP contribution >= 0.6 is 0 Å². The molecule has 0 aliphatic heterocycles. The Balaban J connectivity index is 2.26. The van der Waals surface area contributed by atoms with E-state index in [-0.39, 0.29) is 6.61 Å². The lowest BCUT2D eigenvalue weighted by Gasteiger charge is -2.35. The number of nitrogens with zero attached hydrogens (tertiary/aromatic N) is 1. The molecule has 0 aromatic heterocycles. The molecule has 0 unspecified atom stereocenters. The summed E-state index contributed by atoms with van der Waals surface area (Å²) in [4.78, 5) is 2.53. The molecule has 1 aliphatic rings. The maximum absolute atomic E-state index is 8.66. The molecule has 0 saturated heterocycles. The topological polar surface area (TPSA) is 58.7 Å². The van der Waals surface area contributed by atoms with Gasteiger partial charge in [0.15, 0.2) is 0 Å². The third kappa shape index (κ3) is 5.82. The first-order valence-corrected chi connectivity index (χ1v) is 6.96. The van der Waals surface area contributed by atoms with Gasteiger partial charge in [-0.1, -0.05) is 6.92 Å². The van der Waals surface area contributed by atoms with Crippen LogP contribution < -0.4 is 5.73 Å². The van der Waals surface area contributed by atoms with Crippen LogP contribution in [0.5, 0.6) is 0 Å². The van der Waals surface area contributed by atoms with E-state index < -0.39 is 0 Å². The first kappa shape index (κ1) is 14.9. The van der Waals surface area contributed by atoms with Crippen molar-refractivity contribution in [3.8, 4) is 0 Å². The highest BCUT2D eigenvalue weighted by Gasteiger charge is 2.23. The molecule has 17 heavy (non-hydrogen) atoms. The molecule has 0 aromatic carbocycles. The zero-order valence-corrected chi connectivity index (χ0v) is 11.1. The molecule has 0 heterocycles. The summed E-state index contributed by atoms with van der Waals surface area (Å²) in [6, 6.07) is 1.10. The molecule has 1 rings (SSSR count). The second-order valence-corrected chi connectivity index (χ2v) is 4.94. The Hall–Kier alpha value is -0.160. The number of ether oxygens (including phenoxy) is 1. The van der Waals surface area contributed by atoms with E-state index >= 15 is 0 Å². The average molecular weight is 244 g/mol. The standard InChI is InChI=1S/C13H28N2O2/c1-2-7-15(8-10-17-11-9-16)13-5-3-12(14)4-6-13/h12-13,16H,2-11,14H2,1H3. The van der Waals surface area contributed by atoms with Crippen LogP contribution in [0.15, 0.2) is 0 Å². The molecule has 0 amide bonds. The number of rotatable bonds is 8.